The molecule has 1 spiro atoms. The van der Waals surface area contributed by atoms with Crippen LogP contribution < -0.4 is 0 Å². The van der Waals surface area contributed by atoms with Crippen LogP contribution in [0.25, 0.3) is 98.8 Å². The van der Waals surface area contributed by atoms with E-state index in [9.17, 15) is 0 Å². The monoisotopic (exact) mass is 805 g/mol. The molecule has 0 amide bonds. The van der Waals surface area contributed by atoms with Gasteiger partial charge in [-0.2, -0.15) is 0 Å². The number of rotatable bonds is 5. The Morgan fingerprint density at radius 3 is 1.45 bits per heavy atom. The van der Waals surface area contributed by atoms with Gasteiger partial charge in [-0.25, -0.2) is 15.0 Å². The fraction of sp³-hybridized carbons (Fsp3) is 0.0172. The quantitative estimate of drug-likeness (QED) is 0.174. The second kappa shape index (κ2) is 13.6. The topological polar surface area (TPSA) is 38.7 Å². The maximum Gasteiger partial charge on any atom is 0.164 e. The standard InChI is InChI=1S/C58H35N3S/c1-2-14-36(15-3-1)37-28-30-38(31-29-37)55-59-56(40-17-12-16-39(34-40)42-22-13-23-47-46-21-7-11-27-53(46)62-54(42)47)61-57(60-55)41-32-33-52-48(35-41)45-20-6-10-26-51(45)58(52)49-24-8-4-18-43(49)44-19-5-9-25-50(44)58/h1-35H. The molecule has 0 atom stereocenters. The van der Waals surface area contributed by atoms with Crippen molar-refractivity contribution in [3.8, 4) is 78.7 Å². The molecule has 0 saturated carbocycles. The first kappa shape index (κ1) is 35.0. The zero-order valence-electron chi connectivity index (χ0n) is 33.5. The van der Waals surface area contributed by atoms with Crippen LogP contribution >= 0.6 is 11.3 Å². The van der Waals surface area contributed by atoms with E-state index >= 15 is 0 Å². The molecule has 13 rings (SSSR count). The lowest BCUT2D eigenvalue weighted by Crippen LogP contribution is -2.25. The van der Waals surface area contributed by atoms with Crippen LogP contribution in [-0.2, 0) is 5.41 Å². The van der Waals surface area contributed by atoms with E-state index in [1.165, 1.54) is 75.8 Å². The van der Waals surface area contributed by atoms with E-state index in [0.29, 0.717) is 17.5 Å². The van der Waals surface area contributed by atoms with E-state index in [1.54, 1.807) is 0 Å². The Labute approximate surface area is 363 Å². The van der Waals surface area contributed by atoms with E-state index in [1.807, 2.05) is 17.4 Å². The molecule has 2 aliphatic rings. The third kappa shape index (κ3) is 5.14. The second-order valence-corrected chi connectivity index (χ2v) is 17.3. The molecule has 0 bridgehead atoms. The molecule has 0 unspecified atom stereocenters. The van der Waals surface area contributed by atoms with Crippen LogP contribution in [-0.4, -0.2) is 15.0 Å². The van der Waals surface area contributed by atoms with Crippen molar-refractivity contribution in [1.29, 1.82) is 0 Å². The van der Waals surface area contributed by atoms with Gasteiger partial charge in [0.25, 0.3) is 0 Å². The number of nitrogens with zero attached hydrogens (tertiary/aromatic N) is 3. The van der Waals surface area contributed by atoms with E-state index in [4.69, 9.17) is 15.0 Å². The maximum atomic E-state index is 5.32. The molecule has 2 aromatic heterocycles. The normalized spacial score (nSPS) is 13.0. The van der Waals surface area contributed by atoms with Crippen molar-refractivity contribution < 1.29 is 0 Å². The summed E-state index contributed by atoms with van der Waals surface area (Å²) in [5.74, 6) is 1.92. The molecule has 0 aliphatic heterocycles. The molecular formula is C58H35N3S. The number of aromatic nitrogens is 3. The Bertz CT molecular complexity index is 3540. The number of benzene rings is 9. The van der Waals surface area contributed by atoms with E-state index < -0.39 is 5.41 Å². The zero-order valence-corrected chi connectivity index (χ0v) is 34.3. The van der Waals surface area contributed by atoms with Crippen LogP contribution in [0.2, 0.25) is 0 Å². The molecule has 2 heterocycles. The van der Waals surface area contributed by atoms with Gasteiger partial charge >= 0.3 is 0 Å². The highest BCUT2D eigenvalue weighted by Gasteiger charge is 2.51. The number of hydrogen-bond donors (Lipinski definition) is 0. The molecule has 0 saturated heterocycles. The lowest BCUT2D eigenvalue weighted by atomic mass is 9.70. The average molecular weight is 806 g/mol. The van der Waals surface area contributed by atoms with Gasteiger partial charge in [-0.15, -0.1) is 11.3 Å². The van der Waals surface area contributed by atoms with Crippen LogP contribution in [0, 0.1) is 0 Å². The largest absolute Gasteiger partial charge is 0.208 e. The highest BCUT2D eigenvalue weighted by molar-refractivity contribution is 7.26. The fourth-order valence-electron chi connectivity index (χ4n) is 10.2. The van der Waals surface area contributed by atoms with E-state index in [0.717, 1.165) is 27.8 Å². The lowest BCUT2D eigenvalue weighted by Gasteiger charge is -2.30. The predicted molar refractivity (Wildman–Crippen MR) is 256 cm³/mol. The summed E-state index contributed by atoms with van der Waals surface area (Å²) in [5, 5.41) is 2.57. The minimum absolute atomic E-state index is 0.411. The van der Waals surface area contributed by atoms with Crippen molar-refractivity contribution in [2.45, 2.75) is 5.41 Å². The third-order valence-corrected chi connectivity index (χ3v) is 14.2. The van der Waals surface area contributed by atoms with Crippen molar-refractivity contribution in [3.05, 3.63) is 235 Å². The van der Waals surface area contributed by atoms with Gasteiger partial charge in [-0.3, -0.25) is 0 Å². The number of fused-ring (bicyclic) bond motifs is 13. The smallest absolute Gasteiger partial charge is 0.164 e. The van der Waals surface area contributed by atoms with Crippen molar-refractivity contribution in [2.24, 2.45) is 0 Å². The summed E-state index contributed by atoms with van der Waals surface area (Å²) in [5.41, 5.74) is 17.4. The maximum absolute atomic E-state index is 5.32. The summed E-state index contributed by atoms with van der Waals surface area (Å²) in [4.78, 5) is 15.8. The molecule has 62 heavy (non-hydrogen) atoms. The second-order valence-electron chi connectivity index (χ2n) is 16.3. The van der Waals surface area contributed by atoms with Gasteiger partial charge in [0, 0.05) is 36.9 Å². The van der Waals surface area contributed by atoms with Crippen molar-refractivity contribution >= 4 is 31.5 Å². The number of hydrogen-bond acceptors (Lipinski definition) is 4. The summed E-state index contributed by atoms with van der Waals surface area (Å²) < 4.78 is 2.57. The highest BCUT2D eigenvalue weighted by atomic mass is 32.1. The fourth-order valence-corrected chi connectivity index (χ4v) is 11.5. The highest BCUT2D eigenvalue weighted by Crippen LogP contribution is 2.63. The predicted octanol–water partition coefficient (Wildman–Crippen LogP) is 14.9. The zero-order chi connectivity index (χ0) is 40.8. The Morgan fingerprint density at radius 2 is 0.742 bits per heavy atom. The molecule has 0 radical (unpaired) electrons. The van der Waals surface area contributed by atoms with Gasteiger partial charge in [0.2, 0.25) is 0 Å². The number of thiophene rings is 1. The molecule has 0 N–H and O–H groups in total. The van der Waals surface area contributed by atoms with E-state index in [-0.39, 0.29) is 0 Å². The summed E-state index contributed by atoms with van der Waals surface area (Å²) in [6, 6.07) is 76.7. The molecule has 9 aromatic carbocycles. The van der Waals surface area contributed by atoms with Crippen LogP contribution in [0.15, 0.2) is 212 Å². The molecule has 0 fully saturated rings. The van der Waals surface area contributed by atoms with Crippen molar-refractivity contribution in [2.75, 3.05) is 0 Å². The van der Waals surface area contributed by atoms with Crippen LogP contribution in [0.4, 0.5) is 0 Å². The van der Waals surface area contributed by atoms with Gasteiger partial charge in [0.05, 0.1) is 5.41 Å². The SMILES string of the molecule is c1ccc(-c2ccc(-c3nc(-c4cccc(-c5cccc6c5sc5ccccc56)c4)nc(-c4ccc5c(c4)-c4ccccc4C54c5ccccc5-c5ccccc54)n3)cc2)cc1. The van der Waals surface area contributed by atoms with Gasteiger partial charge in [0.15, 0.2) is 17.5 Å². The third-order valence-electron chi connectivity index (χ3n) is 13.0. The van der Waals surface area contributed by atoms with Gasteiger partial charge < -0.3 is 0 Å². The lowest BCUT2D eigenvalue weighted by molar-refractivity contribution is 0.794. The summed E-state index contributed by atoms with van der Waals surface area (Å²) in [6.45, 7) is 0. The van der Waals surface area contributed by atoms with Gasteiger partial charge in [-0.05, 0) is 85.0 Å². The minimum atomic E-state index is -0.411. The first-order valence-corrected chi connectivity index (χ1v) is 21.9. The Hall–Kier alpha value is -7.79. The van der Waals surface area contributed by atoms with Crippen molar-refractivity contribution in [3.63, 3.8) is 0 Å². The summed E-state index contributed by atoms with van der Waals surface area (Å²) >= 11 is 1.85. The van der Waals surface area contributed by atoms with Crippen molar-refractivity contribution in [1.82, 2.24) is 15.0 Å². The first-order chi connectivity index (χ1) is 30.7. The van der Waals surface area contributed by atoms with Crippen LogP contribution in [0.1, 0.15) is 22.3 Å². The molecule has 11 aromatic rings. The minimum Gasteiger partial charge on any atom is -0.208 e. The van der Waals surface area contributed by atoms with Crippen LogP contribution in [0.5, 0.6) is 0 Å². The Balaban J connectivity index is 0.990. The molecule has 288 valence electrons. The molecule has 2 aliphatic carbocycles. The van der Waals surface area contributed by atoms with Gasteiger partial charge in [0.1, 0.15) is 0 Å². The molecule has 3 nitrogen and oxygen atoms in total. The van der Waals surface area contributed by atoms with Crippen LogP contribution in [0.3, 0.4) is 0 Å². The van der Waals surface area contributed by atoms with E-state index in [2.05, 4.69) is 206 Å². The molecular weight excluding hydrogens is 771 g/mol. The average Bonchev–Trinajstić information content (AvgIpc) is 3.98. The first-order valence-electron chi connectivity index (χ1n) is 21.1. The van der Waals surface area contributed by atoms with Gasteiger partial charge in [-0.1, -0.05) is 194 Å². The Kier molecular flexibility index (Phi) is 7.69. The molecule has 4 heteroatoms. The Morgan fingerprint density at radius 1 is 0.290 bits per heavy atom. The summed E-state index contributed by atoms with van der Waals surface area (Å²) in [7, 11) is 0. The summed E-state index contributed by atoms with van der Waals surface area (Å²) in [6.07, 6.45) is 0.